The number of hydrogen-bond acceptors (Lipinski definition) is 15. The quantitative estimate of drug-likeness (QED) is 0.0392. The topological polar surface area (TPSA) is 273 Å². The number of carbonyl (C=O) groups excluding carboxylic acids is 1. The molecule has 18 heteroatoms. The fourth-order valence-electron chi connectivity index (χ4n) is 5.05. The average Bonchev–Trinajstić information content (AvgIpc) is 3.15. The third-order valence-electron chi connectivity index (χ3n) is 7.99. The van der Waals surface area contributed by atoms with Crippen LogP contribution >= 0.6 is 0 Å². The Bertz CT molecular complexity index is 1730. The van der Waals surface area contributed by atoms with Crippen LogP contribution in [0.3, 0.4) is 0 Å². The van der Waals surface area contributed by atoms with E-state index in [0.717, 1.165) is 11.6 Å². The molecule has 0 saturated carbocycles. The van der Waals surface area contributed by atoms with Gasteiger partial charge < -0.3 is 75.4 Å². The summed E-state index contributed by atoms with van der Waals surface area (Å²) in [5, 5.41) is 67.8. The van der Waals surface area contributed by atoms with Crippen LogP contribution in [0.2, 0.25) is 0 Å². The number of rotatable bonds is 17. The van der Waals surface area contributed by atoms with E-state index in [0.29, 0.717) is 6.42 Å². The Labute approximate surface area is 304 Å². The summed E-state index contributed by atoms with van der Waals surface area (Å²) in [4.78, 5) is 29.0. The maximum Gasteiger partial charge on any atom is 0.338 e. The van der Waals surface area contributed by atoms with Crippen molar-refractivity contribution in [2.45, 2.75) is 50.1 Å². The highest BCUT2D eigenvalue weighted by molar-refractivity contribution is 5.95. The molecule has 1 saturated heterocycles. The van der Waals surface area contributed by atoms with Crippen LogP contribution in [-0.4, -0.2) is 126 Å². The number of benzene rings is 3. The Morgan fingerprint density at radius 1 is 0.981 bits per heavy atom. The second-order valence-corrected chi connectivity index (χ2v) is 11.8. The highest BCUT2D eigenvalue weighted by Crippen LogP contribution is 2.39. The number of methoxy groups -OCH3 is 1. The summed E-state index contributed by atoms with van der Waals surface area (Å²) in [5.41, 5.74) is 6.32. The highest BCUT2D eigenvalue weighted by Gasteiger charge is 2.46. The number of phenolic OH excluding ortho intramolecular Hbond substituents is 1. The maximum absolute atomic E-state index is 13.2. The minimum Gasteiger partial charge on any atom is -0.502 e. The van der Waals surface area contributed by atoms with Gasteiger partial charge in [-0.15, -0.1) is 0 Å². The fraction of sp³-hybridized carbons (Fsp3) is 0.400. The van der Waals surface area contributed by atoms with Gasteiger partial charge in [0.05, 0.1) is 37.1 Å². The summed E-state index contributed by atoms with van der Waals surface area (Å²) in [6.45, 7) is 0.484. The Morgan fingerprint density at radius 3 is 2.36 bits per heavy atom. The second-order valence-electron chi connectivity index (χ2n) is 11.8. The lowest BCUT2D eigenvalue weighted by Gasteiger charge is -2.40. The van der Waals surface area contributed by atoms with Crippen LogP contribution in [0.1, 0.15) is 33.2 Å². The molecule has 10 N–H and O–H groups in total. The zero-order chi connectivity index (χ0) is 38.7. The van der Waals surface area contributed by atoms with Crippen molar-refractivity contribution in [1.82, 2.24) is 5.32 Å². The minimum atomic E-state index is -1.85. The molecule has 0 aliphatic carbocycles. The minimum absolute atomic E-state index is 0.00750. The van der Waals surface area contributed by atoms with E-state index in [1.165, 1.54) is 32.4 Å². The molecule has 1 aliphatic rings. The van der Waals surface area contributed by atoms with Gasteiger partial charge in [-0.1, -0.05) is 30.3 Å². The van der Waals surface area contributed by atoms with Gasteiger partial charge in [0.2, 0.25) is 12.0 Å². The van der Waals surface area contributed by atoms with Gasteiger partial charge >= 0.3 is 11.9 Å². The van der Waals surface area contributed by atoms with Crippen LogP contribution in [0.4, 0.5) is 5.69 Å². The predicted octanol–water partition coefficient (Wildman–Crippen LogP) is 0.427. The molecule has 53 heavy (non-hydrogen) atoms. The van der Waals surface area contributed by atoms with E-state index >= 15 is 0 Å². The summed E-state index contributed by atoms with van der Waals surface area (Å²) in [6, 6.07) is 13.7. The van der Waals surface area contributed by atoms with Gasteiger partial charge in [-0.05, 0) is 24.6 Å². The van der Waals surface area contributed by atoms with E-state index in [1.54, 1.807) is 6.92 Å². The lowest BCUT2D eigenvalue weighted by molar-refractivity contribution is -0.277. The molecule has 0 aromatic heterocycles. The number of nitrogens with zero attached hydrogens (tertiary/aromatic N) is 1. The lowest BCUT2D eigenvalue weighted by atomic mass is 9.99. The SMILES string of the molecule is CN=C(N)NCOc1cc(C(=O)O)c(N[C@H](C)CO)cc1O[C@@H]1O[C@H](COC(=O)c2cc(OC)c(O)c(OCCc3ccccc3)c2)[C@@H](O)[C@H](O)[C@H]1O. The number of nitrogens with two attached hydrogens (primary N) is 1. The molecule has 0 unspecified atom stereocenters. The van der Waals surface area contributed by atoms with Crippen molar-refractivity contribution in [1.29, 1.82) is 0 Å². The number of carboxylic acid groups (broad SMARTS) is 1. The summed E-state index contributed by atoms with van der Waals surface area (Å²) in [5.74, 6) is -3.05. The molecule has 4 rings (SSSR count). The molecule has 3 aromatic carbocycles. The van der Waals surface area contributed by atoms with Crippen molar-refractivity contribution in [3.8, 4) is 28.7 Å². The number of aromatic carboxylic acids is 1. The molecule has 0 bridgehead atoms. The zero-order valence-corrected chi connectivity index (χ0v) is 29.2. The Kier molecular flexibility index (Phi) is 14.3. The molecule has 1 heterocycles. The van der Waals surface area contributed by atoms with Crippen molar-refractivity contribution in [3.63, 3.8) is 0 Å². The van der Waals surface area contributed by atoms with Crippen LogP contribution < -0.4 is 35.3 Å². The molecule has 288 valence electrons. The highest BCUT2D eigenvalue weighted by atomic mass is 16.7. The van der Waals surface area contributed by atoms with Crippen LogP contribution in [0.15, 0.2) is 59.6 Å². The van der Waals surface area contributed by atoms with E-state index in [4.69, 9.17) is 34.2 Å². The first kappa shape index (κ1) is 40.2. The predicted molar refractivity (Wildman–Crippen MR) is 188 cm³/mol. The fourth-order valence-corrected chi connectivity index (χ4v) is 5.05. The number of phenols is 1. The van der Waals surface area contributed by atoms with E-state index in [2.05, 4.69) is 15.6 Å². The molecule has 18 nitrogen and oxygen atoms in total. The number of hydrogen-bond donors (Lipinski definition) is 9. The maximum atomic E-state index is 13.2. The van der Waals surface area contributed by atoms with Gasteiger partial charge in [-0.2, -0.15) is 0 Å². The monoisotopic (exact) mass is 744 g/mol. The van der Waals surface area contributed by atoms with Gasteiger partial charge in [0.15, 0.2) is 35.7 Å². The Balaban J connectivity index is 1.52. The Hall–Kier alpha value is -5.53. The number of esters is 1. The standard InChI is InChI=1S/C35H44N4O14/c1-18(15-40)39-22-14-24(23(13-21(22)32(45)46)51-17-38-35(36)37-2)52-34-31(44)30(43)29(42)27(53-34)16-50-33(47)20-11-25(48-3)28(41)26(12-20)49-10-9-19-7-5-4-6-8-19/h4-8,11-14,18,27,29-31,34,39-44H,9-10,15-17H2,1-3H3,(H,45,46)(H3,36,37,38)/t18-,27-,29-,30+,31-,34-/m1/s1. The number of carboxylic acids is 1. The summed E-state index contributed by atoms with van der Waals surface area (Å²) >= 11 is 0. The van der Waals surface area contributed by atoms with Crippen molar-refractivity contribution < 1.29 is 68.6 Å². The zero-order valence-electron chi connectivity index (χ0n) is 29.2. The molecule has 1 aliphatic heterocycles. The summed E-state index contributed by atoms with van der Waals surface area (Å²) in [6.07, 6.45) is -8.10. The number of aliphatic imine (C=N–C) groups is 1. The number of guanidine groups is 1. The molecule has 6 atom stereocenters. The molecular weight excluding hydrogens is 700 g/mol. The van der Waals surface area contributed by atoms with E-state index in [-0.39, 0.29) is 71.5 Å². The first-order chi connectivity index (χ1) is 25.4. The van der Waals surface area contributed by atoms with Gasteiger partial charge in [0.1, 0.15) is 31.0 Å². The average molecular weight is 745 g/mol. The normalized spacial score (nSPS) is 20.5. The molecule has 1 fully saturated rings. The van der Waals surface area contributed by atoms with E-state index < -0.39 is 55.3 Å². The van der Waals surface area contributed by atoms with Crippen LogP contribution in [0, 0.1) is 0 Å². The van der Waals surface area contributed by atoms with Crippen LogP contribution in [0.25, 0.3) is 0 Å². The van der Waals surface area contributed by atoms with Crippen molar-refractivity contribution in [3.05, 3.63) is 71.3 Å². The van der Waals surface area contributed by atoms with E-state index in [1.807, 2.05) is 30.3 Å². The van der Waals surface area contributed by atoms with Crippen molar-refractivity contribution in [2.75, 3.05) is 46.0 Å². The first-order valence-electron chi connectivity index (χ1n) is 16.4. The van der Waals surface area contributed by atoms with Crippen LogP contribution in [-0.2, 0) is 15.9 Å². The van der Waals surface area contributed by atoms with Crippen LogP contribution in [0.5, 0.6) is 28.7 Å². The van der Waals surface area contributed by atoms with Gasteiger partial charge in [0, 0.05) is 31.6 Å². The third kappa shape index (κ3) is 10.5. The summed E-state index contributed by atoms with van der Waals surface area (Å²) < 4.78 is 33.6. The Morgan fingerprint density at radius 2 is 1.70 bits per heavy atom. The number of nitrogens with one attached hydrogen (secondary N) is 2. The lowest BCUT2D eigenvalue weighted by Crippen LogP contribution is -2.60. The second kappa shape index (κ2) is 18.8. The molecular formula is C35H44N4O14. The first-order valence-corrected chi connectivity index (χ1v) is 16.4. The van der Waals surface area contributed by atoms with Gasteiger partial charge in [0.25, 0.3) is 0 Å². The molecule has 3 aromatic rings. The van der Waals surface area contributed by atoms with Crippen molar-refractivity contribution >= 4 is 23.6 Å². The number of aliphatic hydroxyl groups excluding tert-OH is 4. The summed E-state index contributed by atoms with van der Waals surface area (Å²) in [7, 11) is 2.72. The number of ether oxygens (including phenoxy) is 6. The molecule has 0 amide bonds. The largest absolute Gasteiger partial charge is 0.502 e. The van der Waals surface area contributed by atoms with Crippen molar-refractivity contribution in [2.24, 2.45) is 10.7 Å². The number of aliphatic hydroxyl groups is 4. The number of aromatic hydroxyl groups is 1. The number of anilines is 1. The smallest absolute Gasteiger partial charge is 0.338 e. The van der Waals surface area contributed by atoms with Gasteiger partial charge in [-0.3, -0.25) is 4.99 Å². The molecule has 0 radical (unpaired) electrons. The molecule has 0 spiro atoms. The third-order valence-corrected chi connectivity index (χ3v) is 7.99. The van der Waals surface area contributed by atoms with E-state index in [9.17, 15) is 40.2 Å². The van der Waals surface area contributed by atoms with Gasteiger partial charge in [-0.25, -0.2) is 9.59 Å². The number of carbonyl (C=O) groups is 2.